The number of rotatable bonds is 4. The number of thiazole rings is 1. The van der Waals surface area contributed by atoms with Gasteiger partial charge in [-0.2, -0.15) is 13.2 Å². The van der Waals surface area contributed by atoms with Crippen molar-refractivity contribution in [3.8, 4) is 10.6 Å². The van der Waals surface area contributed by atoms with Crippen LogP contribution in [0.4, 0.5) is 13.2 Å². The van der Waals surface area contributed by atoms with E-state index >= 15 is 0 Å². The van der Waals surface area contributed by atoms with Crippen molar-refractivity contribution >= 4 is 17.2 Å². The third kappa shape index (κ3) is 4.25. The van der Waals surface area contributed by atoms with Gasteiger partial charge in [0.25, 0.3) is 11.5 Å². The molecular weight excluding hydrogens is 379 g/mol. The fourth-order valence-corrected chi connectivity index (χ4v) is 3.38. The molecule has 0 aliphatic rings. The van der Waals surface area contributed by atoms with Crippen LogP contribution in [0.5, 0.6) is 0 Å². The summed E-state index contributed by atoms with van der Waals surface area (Å²) >= 11 is 0.879. The number of alkyl halides is 3. The number of carbonyl (C=O) groups is 1. The number of hydrogen-bond acceptors (Lipinski definition) is 4. The predicted molar refractivity (Wildman–Crippen MR) is 95.5 cm³/mol. The van der Waals surface area contributed by atoms with Crippen LogP contribution in [-0.4, -0.2) is 15.9 Å². The average molecular weight is 393 g/mol. The number of hydrogen-bond donors (Lipinski definition) is 2. The minimum atomic E-state index is -4.60. The zero-order chi connectivity index (χ0) is 19.6. The molecule has 0 saturated carbocycles. The van der Waals surface area contributed by atoms with Gasteiger partial charge < -0.3 is 10.3 Å². The fourth-order valence-electron chi connectivity index (χ4n) is 2.39. The molecule has 0 saturated heterocycles. The molecule has 27 heavy (non-hydrogen) atoms. The largest absolute Gasteiger partial charge is 0.417 e. The SMILES string of the molecule is Cc1nc(-c2cc(C(F)(F)F)c[nH]c2=O)sc1C(=O)NCc1ccccc1. The summed E-state index contributed by atoms with van der Waals surface area (Å²) in [6.45, 7) is 1.87. The Morgan fingerprint density at radius 1 is 1.26 bits per heavy atom. The number of H-pyrrole nitrogens is 1. The van der Waals surface area contributed by atoms with E-state index in [1.807, 2.05) is 30.3 Å². The first-order chi connectivity index (χ1) is 12.8. The highest BCUT2D eigenvalue weighted by atomic mass is 32.1. The van der Waals surface area contributed by atoms with Gasteiger partial charge >= 0.3 is 6.18 Å². The molecule has 0 radical (unpaired) electrons. The Balaban J connectivity index is 1.86. The summed E-state index contributed by atoms with van der Waals surface area (Å²) in [7, 11) is 0. The van der Waals surface area contributed by atoms with Gasteiger partial charge in [-0.3, -0.25) is 9.59 Å². The Bertz CT molecular complexity index is 1030. The summed E-state index contributed by atoms with van der Waals surface area (Å²) in [5.41, 5.74) is -0.659. The van der Waals surface area contributed by atoms with Crippen LogP contribution in [0.15, 0.2) is 47.4 Å². The minimum absolute atomic E-state index is 0.0599. The molecular formula is C18H14F3N3O2S. The van der Waals surface area contributed by atoms with Crippen LogP contribution in [0.1, 0.15) is 26.5 Å². The van der Waals surface area contributed by atoms with Crippen molar-refractivity contribution in [2.75, 3.05) is 0 Å². The van der Waals surface area contributed by atoms with Gasteiger partial charge in [0.15, 0.2) is 0 Å². The molecule has 2 heterocycles. The lowest BCUT2D eigenvalue weighted by molar-refractivity contribution is -0.137. The standard InChI is InChI=1S/C18H14F3N3O2S/c1-10-14(16(26)22-8-11-5-3-2-4-6-11)27-17(24-10)13-7-12(18(19,20)21)9-23-15(13)25/h2-7,9H,8H2,1H3,(H,22,26)(H,23,25). The lowest BCUT2D eigenvalue weighted by Crippen LogP contribution is -2.22. The second kappa shape index (κ2) is 7.36. The number of aromatic nitrogens is 2. The van der Waals surface area contributed by atoms with E-state index in [0.29, 0.717) is 18.4 Å². The maximum absolute atomic E-state index is 12.9. The molecule has 9 heteroatoms. The zero-order valence-corrected chi connectivity index (χ0v) is 14.9. The van der Waals surface area contributed by atoms with Gasteiger partial charge in [-0.25, -0.2) is 4.98 Å². The van der Waals surface area contributed by atoms with E-state index in [1.165, 1.54) is 0 Å². The molecule has 0 aliphatic carbocycles. The van der Waals surface area contributed by atoms with Gasteiger partial charge in [-0.05, 0) is 18.6 Å². The van der Waals surface area contributed by atoms with E-state index in [0.717, 1.165) is 23.0 Å². The van der Waals surface area contributed by atoms with Crippen molar-refractivity contribution in [2.45, 2.75) is 19.6 Å². The number of nitrogens with one attached hydrogen (secondary N) is 2. The van der Waals surface area contributed by atoms with E-state index in [-0.39, 0.29) is 15.4 Å². The van der Waals surface area contributed by atoms with Crippen molar-refractivity contribution in [3.05, 3.63) is 74.6 Å². The molecule has 0 unspecified atom stereocenters. The highest BCUT2D eigenvalue weighted by molar-refractivity contribution is 7.17. The molecule has 140 valence electrons. The van der Waals surface area contributed by atoms with Crippen LogP contribution in [0.3, 0.4) is 0 Å². The lowest BCUT2D eigenvalue weighted by Gasteiger charge is -2.06. The lowest BCUT2D eigenvalue weighted by atomic mass is 10.2. The number of aromatic amines is 1. The van der Waals surface area contributed by atoms with E-state index in [2.05, 4.69) is 15.3 Å². The highest BCUT2D eigenvalue weighted by Gasteiger charge is 2.32. The third-order valence-corrected chi connectivity index (χ3v) is 4.95. The third-order valence-electron chi connectivity index (χ3n) is 3.76. The highest BCUT2D eigenvalue weighted by Crippen LogP contribution is 2.32. The van der Waals surface area contributed by atoms with E-state index in [4.69, 9.17) is 0 Å². The molecule has 0 fully saturated rings. The molecule has 0 spiro atoms. The normalized spacial score (nSPS) is 11.4. The number of nitrogens with zero attached hydrogens (tertiary/aromatic N) is 1. The van der Waals surface area contributed by atoms with Crippen LogP contribution >= 0.6 is 11.3 Å². The summed E-state index contributed by atoms with van der Waals surface area (Å²) in [5.74, 6) is -0.400. The molecule has 0 bridgehead atoms. The first-order valence-corrected chi connectivity index (χ1v) is 8.67. The van der Waals surface area contributed by atoms with Crippen molar-refractivity contribution in [1.82, 2.24) is 15.3 Å². The van der Waals surface area contributed by atoms with E-state index in [9.17, 15) is 22.8 Å². The van der Waals surface area contributed by atoms with Gasteiger partial charge in [-0.1, -0.05) is 30.3 Å². The molecule has 3 rings (SSSR count). The summed E-state index contributed by atoms with van der Waals surface area (Å²) in [6.07, 6.45) is -3.99. The van der Waals surface area contributed by atoms with Crippen LogP contribution < -0.4 is 10.9 Å². The van der Waals surface area contributed by atoms with Gasteiger partial charge in [0.1, 0.15) is 9.88 Å². The van der Waals surface area contributed by atoms with E-state index in [1.54, 1.807) is 6.92 Å². The zero-order valence-electron chi connectivity index (χ0n) is 14.1. The molecule has 5 nitrogen and oxygen atoms in total. The number of pyridine rings is 1. The van der Waals surface area contributed by atoms with Crippen LogP contribution in [0.2, 0.25) is 0 Å². The van der Waals surface area contributed by atoms with Crippen LogP contribution in [0.25, 0.3) is 10.6 Å². The maximum atomic E-state index is 12.9. The first-order valence-electron chi connectivity index (χ1n) is 7.85. The van der Waals surface area contributed by atoms with Crippen molar-refractivity contribution in [3.63, 3.8) is 0 Å². The molecule has 1 aromatic carbocycles. The van der Waals surface area contributed by atoms with Gasteiger partial charge in [-0.15, -0.1) is 11.3 Å². The minimum Gasteiger partial charge on any atom is -0.347 e. The number of halogens is 3. The number of benzene rings is 1. The number of amides is 1. The number of carbonyl (C=O) groups excluding carboxylic acids is 1. The number of aryl methyl sites for hydroxylation is 1. The van der Waals surface area contributed by atoms with Crippen LogP contribution in [-0.2, 0) is 12.7 Å². The van der Waals surface area contributed by atoms with E-state index < -0.39 is 23.2 Å². The maximum Gasteiger partial charge on any atom is 0.417 e. The summed E-state index contributed by atoms with van der Waals surface area (Å²) in [6, 6.07) is 10.00. The average Bonchev–Trinajstić information content (AvgIpc) is 3.01. The Kier molecular flexibility index (Phi) is 5.13. The fraction of sp³-hybridized carbons (Fsp3) is 0.167. The molecule has 1 amide bonds. The quantitative estimate of drug-likeness (QED) is 0.709. The Morgan fingerprint density at radius 2 is 1.96 bits per heavy atom. The van der Waals surface area contributed by atoms with Gasteiger partial charge in [0.05, 0.1) is 16.8 Å². The topological polar surface area (TPSA) is 74.8 Å². The second-order valence-electron chi connectivity index (χ2n) is 5.73. The Labute approximate surface area is 155 Å². The Morgan fingerprint density at radius 3 is 2.63 bits per heavy atom. The summed E-state index contributed by atoms with van der Waals surface area (Å²) < 4.78 is 38.7. The monoisotopic (exact) mass is 393 g/mol. The molecule has 2 N–H and O–H groups in total. The molecule has 0 aliphatic heterocycles. The second-order valence-corrected chi connectivity index (χ2v) is 6.73. The molecule has 2 aromatic heterocycles. The van der Waals surface area contributed by atoms with Gasteiger partial charge in [0.2, 0.25) is 0 Å². The van der Waals surface area contributed by atoms with Crippen molar-refractivity contribution in [1.29, 1.82) is 0 Å². The van der Waals surface area contributed by atoms with Gasteiger partial charge in [0, 0.05) is 12.7 Å². The molecule has 3 aromatic rings. The summed E-state index contributed by atoms with van der Waals surface area (Å²) in [4.78, 5) is 30.8. The smallest absolute Gasteiger partial charge is 0.347 e. The Hall–Kier alpha value is -2.94. The first kappa shape index (κ1) is 18.8. The predicted octanol–water partition coefficient (Wildman–Crippen LogP) is 3.76. The van der Waals surface area contributed by atoms with Crippen molar-refractivity contribution in [2.24, 2.45) is 0 Å². The van der Waals surface area contributed by atoms with Crippen molar-refractivity contribution < 1.29 is 18.0 Å². The van der Waals surface area contributed by atoms with Crippen LogP contribution in [0, 0.1) is 6.92 Å². The molecule has 0 atom stereocenters. The summed E-state index contributed by atoms with van der Waals surface area (Å²) in [5, 5.41) is 2.80.